The van der Waals surface area contributed by atoms with E-state index in [0.717, 1.165) is 28.3 Å². The molecule has 0 amide bonds. The van der Waals surface area contributed by atoms with Crippen molar-refractivity contribution in [1.29, 1.82) is 0 Å². The number of fused-ring (bicyclic) bond motifs is 1. The van der Waals surface area contributed by atoms with Crippen molar-refractivity contribution in [2.45, 2.75) is 20.8 Å². The van der Waals surface area contributed by atoms with Gasteiger partial charge in [0.05, 0.1) is 0 Å². The molecule has 3 nitrogen and oxygen atoms in total. The van der Waals surface area contributed by atoms with E-state index in [2.05, 4.69) is 86.0 Å². The average Bonchev–Trinajstić information content (AvgIpc) is 2.99. The largest absolute Gasteiger partial charge is 0.284 e. The van der Waals surface area contributed by atoms with Crippen LogP contribution in [0.4, 0.5) is 5.82 Å². The molecule has 0 unspecified atom stereocenters. The molecule has 3 heteroatoms. The Balaban J connectivity index is 1.87. The Labute approximate surface area is 153 Å². The lowest BCUT2D eigenvalue weighted by molar-refractivity contribution is 1.14. The minimum absolute atomic E-state index is 0.855. The van der Waals surface area contributed by atoms with E-state index in [-0.39, 0.29) is 0 Å². The first kappa shape index (κ1) is 16.3. The molecule has 26 heavy (non-hydrogen) atoms. The summed E-state index contributed by atoms with van der Waals surface area (Å²) in [7, 11) is 0. The van der Waals surface area contributed by atoms with Gasteiger partial charge in [0.1, 0.15) is 11.3 Å². The van der Waals surface area contributed by atoms with Crippen LogP contribution < -0.4 is 0 Å². The maximum atomic E-state index is 4.83. The fourth-order valence-electron chi connectivity index (χ4n) is 2.96. The molecule has 0 radical (unpaired) electrons. The molecule has 128 valence electrons. The van der Waals surface area contributed by atoms with Gasteiger partial charge in [-0.3, -0.25) is 4.40 Å². The molecule has 4 aromatic rings. The molecule has 2 heterocycles. The summed E-state index contributed by atoms with van der Waals surface area (Å²) in [4.78, 5) is 9.64. The van der Waals surface area contributed by atoms with Crippen LogP contribution in [0, 0.1) is 20.8 Å². The molecule has 0 saturated heterocycles. The van der Waals surface area contributed by atoms with Crippen LogP contribution in [0.5, 0.6) is 0 Å². The van der Waals surface area contributed by atoms with Crippen molar-refractivity contribution in [2.24, 2.45) is 4.99 Å². The summed E-state index contributed by atoms with van der Waals surface area (Å²) in [5.41, 5.74) is 7.62. The number of nitrogens with zero attached hydrogens (tertiary/aromatic N) is 3. The van der Waals surface area contributed by atoms with Gasteiger partial charge in [0.15, 0.2) is 5.82 Å². The van der Waals surface area contributed by atoms with E-state index >= 15 is 0 Å². The van der Waals surface area contributed by atoms with Crippen LogP contribution in [0.25, 0.3) is 16.9 Å². The monoisotopic (exact) mass is 339 g/mol. The van der Waals surface area contributed by atoms with Gasteiger partial charge in [-0.25, -0.2) is 9.98 Å². The summed E-state index contributed by atoms with van der Waals surface area (Å²) in [6.07, 6.45) is 3.99. The summed E-state index contributed by atoms with van der Waals surface area (Å²) in [5.74, 6) is 0.855. The summed E-state index contributed by atoms with van der Waals surface area (Å²) in [6, 6.07) is 20.9. The van der Waals surface area contributed by atoms with Crippen molar-refractivity contribution in [3.8, 4) is 11.3 Å². The number of aromatic nitrogens is 2. The third kappa shape index (κ3) is 3.16. The molecule has 0 N–H and O–H groups in total. The highest BCUT2D eigenvalue weighted by Gasteiger charge is 2.13. The fraction of sp³-hybridized carbons (Fsp3) is 0.130. The first-order valence-corrected chi connectivity index (χ1v) is 8.77. The van der Waals surface area contributed by atoms with Crippen molar-refractivity contribution in [2.75, 3.05) is 0 Å². The summed E-state index contributed by atoms with van der Waals surface area (Å²) >= 11 is 0. The van der Waals surface area contributed by atoms with Crippen LogP contribution in [0.3, 0.4) is 0 Å². The Morgan fingerprint density at radius 3 is 2.08 bits per heavy atom. The van der Waals surface area contributed by atoms with Crippen molar-refractivity contribution >= 4 is 17.7 Å². The van der Waals surface area contributed by atoms with Crippen LogP contribution in [0.15, 0.2) is 71.9 Å². The summed E-state index contributed by atoms with van der Waals surface area (Å²) in [6.45, 7) is 6.26. The molecule has 0 bridgehead atoms. The number of benzene rings is 2. The number of hydrogen-bond acceptors (Lipinski definition) is 2. The van der Waals surface area contributed by atoms with E-state index in [1.807, 2.05) is 12.3 Å². The van der Waals surface area contributed by atoms with E-state index in [0.29, 0.717) is 0 Å². The van der Waals surface area contributed by atoms with Crippen molar-refractivity contribution in [1.82, 2.24) is 9.38 Å². The Kier molecular flexibility index (Phi) is 4.13. The topological polar surface area (TPSA) is 29.7 Å². The lowest BCUT2D eigenvalue weighted by Crippen LogP contribution is -1.87. The van der Waals surface area contributed by atoms with Crippen molar-refractivity contribution < 1.29 is 0 Å². The maximum absolute atomic E-state index is 4.83. The highest BCUT2D eigenvalue weighted by Crippen LogP contribution is 2.31. The first-order chi connectivity index (χ1) is 12.6. The molecular weight excluding hydrogens is 318 g/mol. The van der Waals surface area contributed by atoms with E-state index in [4.69, 9.17) is 9.98 Å². The van der Waals surface area contributed by atoms with Crippen molar-refractivity contribution in [3.05, 3.63) is 89.1 Å². The molecule has 0 atom stereocenters. The predicted octanol–water partition coefficient (Wildman–Crippen LogP) is 5.68. The SMILES string of the molecule is Cc1ccc(/C=N/c2c(-c3ccc(C)cc3)nc3ccc(C)cn23)cc1. The molecule has 0 aliphatic carbocycles. The molecule has 2 aromatic heterocycles. The molecule has 0 saturated carbocycles. The maximum Gasteiger partial charge on any atom is 0.165 e. The van der Waals surface area contributed by atoms with Crippen LogP contribution in [0.1, 0.15) is 22.3 Å². The van der Waals surface area contributed by atoms with Crippen LogP contribution in [-0.4, -0.2) is 15.6 Å². The number of rotatable bonds is 3. The van der Waals surface area contributed by atoms with Gasteiger partial charge < -0.3 is 0 Å². The quantitative estimate of drug-likeness (QED) is 0.442. The van der Waals surface area contributed by atoms with Gasteiger partial charge >= 0.3 is 0 Å². The van der Waals surface area contributed by atoms with Crippen molar-refractivity contribution in [3.63, 3.8) is 0 Å². The predicted molar refractivity (Wildman–Crippen MR) is 109 cm³/mol. The standard InChI is InChI=1S/C23H21N3/c1-16-4-9-19(10-5-16)14-24-23-22(20-11-6-17(2)7-12-20)25-21-13-8-18(3)15-26(21)23/h4-15H,1-3H3/b24-14+. The lowest BCUT2D eigenvalue weighted by Gasteiger charge is -2.02. The van der Waals surface area contributed by atoms with Gasteiger partial charge in [-0.05, 0) is 38.0 Å². The minimum Gasteiger partial charge on any atom is -0.284 e. The van der Waals surface area contributed by atoms with Gasteiger partial charge in [-0.1, -0.05) is 65.7 Å². The highest BCUT2D eigenvalue weighted by molar-refractivity contribution is 5.85. The number of aryl methyl sites for hydroxylation is 3. The van der Waals surface area contributed by atoms with Gasteiger partial charge in [0, 0.05) is 18.0 Å². The number of hydrogen-bond donors (Lipinski definition) is 0. The second-order valence-corrected chi connectivity index (χ2v) is 6.75. The van der Waals surface area contributed by atoms with Crippen LogP contribution in [-0.2, 0) is 0 Å². The molecule has 0 aliphatic heterocycles. The molecule has 2 aromatic carbocycles. The van der Waals surface area contributed by atoms with E-state index in [1.165, 1.54) is 16.7 Å². The van der Waals surface area contributed by atoms with Gasteiger partial charge in [-0.15, -0.1) is 0 Å². The zero-order valence-electron chi connectivity index (χ0n) is 15.3. The third-order valence-corrected chi connectivity index (χ3v) is 4.48. The van der Waals surface area contributed by atoms with Gasteiger partial charge in [0.2, 0.25) is 0 Å². The van der Waals surface area contributed by atoms with Crippen LogP contribution in [0.2, 0.25) is 0 Å². The summed E-state index contributed by atoms with van der Waals surface area (Å²) < 4.78 is 2.06. The third-order valence-electron chi connectivity index (χ3n) is 4.48. The van der Waals surface area contributed by atoms with Gasteiger partial charge in [-0.2, -0.15) is 0 Å². The molecular formula is C23H21N3. The Hall–Kier alpha value is -3.20. The van der Waals surface area contributed by atoms with Crippen LogP contribution >= 0.6 is 0 Å². The van der Waals surface area contributed by atoms with Gasteiger partial charge in [0.25, 0.3) is 0 Å². The smallest absolute Gasteiger partial charge is 0.165 e. The molecule has 0 spiro atoms. The first-order valence-electron chi connectivity index (χ1n) is 8.77. The van der Waals surface area contributed by atoms with E-state index in [1.54, 1.807) is 0 Å². The lowest BCUT2D eigenvalue weighted by atomic mass is 10.1. The zero-order valence-corrected chi connectivity index (χ0v) is 15.3. The number of imidazole rings is 1. The molecule has 0 aliphatic rings. The Morgan fingerprint density at radius 1 is 0.769 bits per heavy atom. The zero-order chi connectivity index (χ0) is 18.1. The molecule has 0 fully saturated rings. The fourth-order valence-corrected chi connectivity index (χ4v) is 2.96. The number of pyridine rings is 1. The number of aliphatic imine (C=N–C) groups is 1. The highest BCUT2D eigenvalue weighted by atomic mass is 15.1. The Bertz CT molecular complexity index is 1080. The molecule has 4 rings (SSSR count). The summed E-state index contributed by atoms with van der Waals surface area (Å²) in [5, 5.41) is 0. The minimum atomic E-state index is 0.855. The van der Waals surface area contributed by atoms with E-state index < -0.39 is 0 Å². The average molecular weight is 339 g/mol. The second-order valence-electron chi connectivity index (χ2n) is 6.75. The van der Waals surface area contributed by atoms with E-state index in [9.17, 15) is 0 Å². The second kappa shape index (κ2) is 6.60. The Morgan fingerprint density at radius 2 is 1.38 bits per heavy atom. The normalized spacial score (nSPS) is 11.5.